The summed E-state index contributed by atoms with van der Waals surface area (Å²) < 4.78 is 30.2. The molecule has 1 aromatic rings. The molecule has 1 aliphatic carbocycles. The smallest absolute Gasteiger partial charge is 0.306 e. The van der Waals surface area contributed by atoms with Gasteiger partial charge in [-0.25, -0.2) is 8.42 Å². The SMILES string of the molecule is COC(=O)CC1(CS(=O)(=O)Cc2ccc(I)cc2)CC1. The van der Waals surface area contributed by atoms with Gasteiger partial charge in [0.1, 0.15) is 0 Å². The molecule has 4 nitrogen and oxygen atoms in total. The average Bonchev–Trinajstić information content (AvgIpc) is 3.10. The molecule has 1 saturated carbocycles. The zero-order valence-corrected chi connectivity index (χ0v) is 14.2. The number of hydrogen-bond acceptors (Lipinski definition) is 4. The number of benzene rings is 1. The van der Waals surface area contributed by atoms with Gasteiger partial charge >= 0.3 is 5.97 Å². The molecule has 0 aliphatic heterocycles. The number of esters is 1. The highest BCUT2D eigenvalue weighted by Gasteiger charge is 2.47. The van der Waals surface area contributed by atoms with E-state index in [9.17, 15) is 13.2 Å². The number of carbonyl (C=O) groups is 1. The lowest BCUT2D eigenvalue weighted by Gasteiger charge is -2.14. The topological polar surface area (TPSA) is 60.4 Å². The van der Waals surface area contributed by atoms with Crippen molar-refractivity contribution in [3.8, 4) is 0 Å². The standard InChI is InChI=1S/C14H17IO4S/c1-19-13(16)8-14(6-7-14)10-20(17,18)9-11-2-4-12(15)5-3-11/h2-5H,6-10H2,1H3. The molecule has 0 aromatic heterocycles. The van der Waals surface area contributed by atoms with Gasteiger partial charge in [0.2, 0.25) is 0 Å². The number of sulfone groups is 1. The third-order valence-electron chi connectivity index (χ3n) is 3.53. The lowest BCUT2D eigenvalue weighted by atomic mass is 10.1. The minimum atomic E-state index is -3.21. The van der Waals surface area contributed by atoms with Gasteiger partial charge < -0.3 is 4.74 Å². The molecule has 0 unspecified atom stereocenters. The van der Waals surface area contributed by atoms with Crippen molar-refractivity contribution in [1.29, 1.82) is 0 Å². The maximum atomic E-state index is 12.3. The molecular weight excluding hydrogens is 391 g/mol. The summed E-state index contributed by atoms with van der Waals surface area (Å²) >= 11 is 2.18. The summed E-state index contributed by atoms with van der Waals surface area (Å²) in [5, 5.41) is 0. The summed E-state index contributed by atoms with van der Waals surface area (Å²) in [4.78, 5) is 11.3. The van der Waals surface area contributed by atoms with Crippen LogP contribution in [0.3, 0.4) is 0 Å². The van der Waals surface area contributed by atoms with Gasteiger partial charge in [0, 0.05) is 3.57 Å². The van der Waals surface area contributed by atoms with E-state index in [1.165, 1.54) is 7.11 Å². The lowest BCUT2D eigenvalue weighted by molar-refractivity contribution is -0.141. The third kappa shape index (κ3) is 4.44. The third-order valence-corrected chi connectivity index (χ3v) is 6.07. The van der Waals surface area contributed by atoms with Crippen LogP contribution in [0.4, 0.5) is 0 Å². The van der Waals surface area contributed by atoms with Crippen LogP contribution in [-0.2, 0) is 25.1 Å². The Morgan fingerprint density at radius 1 is 1.30 bits per heavy atom. The van der Waals surface area contributed by atoms with Crippen molar-refractivity contribution in [3.63, 3.8) is 0 Å². The van der Waals surface area contributed by atoms with Gasteiger partial charge in [-0.2, -0.15) is 0 Å². The van der Waals surface area contributed by atoms with Crippen molar-refractivity contribution in [2.24, 2.45) is 5.41 Å². The fraction of sp³-hybridized carbons (Fsp3) is 0.500. The Kier molecular flexibility index (Phi) is 4.73. The van der Waals surface area contributed by atoms with Crippen LogP contribution in [0, 0.1) is 8.99 Å². The van der Waals surface area contributed by atoms with Crippen LogP contribution >= 0.6 is 22.6 Å². The molecule has 1 aliphatic rings. The van der Waals surface area contributed by atoms with Crippen LogP contribution in [0.15, 0.2) is 24.3 Å². The number of rotatable bonds is 6. The monoisotopic (exact) mass is 408 g/mol. The molecule has 0 radical (unpaired) electrons. The molecular formula is C14H17IO4S. The summed E-state index contributed by atoms with van der Waals surface area (Å²) in [5.74, 6) is -0.222. The van der Waals surface area contributed by atoms with Crippen LogP contribution in [0.25, 0.3) is 0 Å². The van der Waals surface area contributed by atoms with Crippen molar-refractivity contribution in [2.45, 2.75) is 25.0 Å². The highest BCUT2D eigenvalue weighted by Crippen LogP contribution is 2.50. The zero-order chi connectivity index (χ0) is 14.8. The van der Waals surface area contributed by atoms with Crippen LogP contribution in [0.1, 0.15) is 24.8 Å². The fourth-order valence-electron chi connectivity index (χ4n) is 2.28. The van der Waals surface area contributed by atoms with Gasteiger partial charge in [-0.05, 0) is 58.5 Å². The molecule has 6 heteroatoms. The van der Waals surface area contributed by atoms with Gasteiger partial charge in [0.25, 0.3) is 0 Å². The van der Waals surface area contributed by atoms with E-state index in [4.69, 9.17) is 0 Å². The number of methoxy groups -OCH3 is 1. The summed E-state index contributed by atoms with van der Waals surface area (Å²) in [6, 6.07) is 7.46. The van der Waals surface area contributed by atoms with E-state index in [1.807, 2.05) is 24.3 Å². The summed E-state index contributed by atoms with van der Waals surface area (Å²) in [7, 11) is -1.87. The molecule has 0 saturated heterocycles. The van der Waals surface area contributed by atoms with E-state index in [-0.39, 0.29) is 29.3 Å². The van der Waals surface area contributed by atoms with Crippen molar-refractivity contribution < 1.29 is 17.9 Å². The van der Waals surface area contributed by atoms with E-state index in [2.05, 4.69) is 27.3 Å². The van der Waals surface area contributed by atoms with Crippen molar-refractivity contribution in [3.05, 3.63) is 33.4 Å². The summed E-state index contributed by atoms with van der Waals surface area (Å²) in [6.45, 7) is 0. The minimum absolute atomic E-state index is 0.0346. The van der Waals surface area contributed by atoms with Gasteiger partial charge in [-0.3, -0.25) is 4.79 Å². The molecule has 0 spiro atoms. The first-order valence-corrected chi connectivity index (χ1v) is 9.26. The maximum Gasteiger partial charge on any atom is 0.306 e. The predicted molar refractivity (Wildman–Crippen MR) is 84.9 cm³/mol. The molecule has 110 valence electrons. The minimum Gasteiger partial charge on any atom is -0.469 e. The van der Waals surface area contributed by atoms with Crippen molar-refractivity contribution >= 4 is 38.4 Å². The molecule has 20 heavy (non-hydrogen) atoms. The maximum absolute atomic E-state index is 12.3. The highest BCUT2D eigenvalue weighted by molar-refractivity contribution is 14.1. The molecule has 0 heterocycles. The Balaban J connectivity index is 2.01. The second-order valence-corrected chi connectivity index (χ2v) is 8.72. The van der Waals surface area contributed by atoms with Crippen LogP contribution in [0.5, 0.6) is 0 Å². The normalized spacial score (nSPS) is 16.7. The van der Waals surface area contributed by atoms with Crippen LogP contribution in [0.2, 0.25) is 0 Å². The molecule has 1 aromatic carbocycles. The Morgan fingerprint density at radius 3 is 2.40 bits per heavy atom. The molecule has 0 amide bonds. The van der Waals surface area contributed by atoms with Gasteiger partial charge in [-0.1, -0.05) is 12.1 Å². The summed E-state index contributed by atoms with van der Waals surface area (Å²) in [6.07, 6.45) is 1.78. The zero-order valence-electron chi connectivity index (χ0n) is 11.3. The Morgan fingerprint density at radius 2 is 1.90 bits per heavy atom. The Hall–Kier alpha value is -0.630. The number of hydrogen-bond donors (Lipinski definition) is 0. The highest BCUT2D eigenvalue weighted by atomic mass is 127. The predicted octanol–water partition coefficient (Wildman–Crippen LogP) is 2.55. The first-order chi connectivity index (χ1) is 9.34. The van der Waals surface area contributed by atoms with E-state index >= 15 is 0 Å². The second kappa shape index (κ2) is 6.01. The van der Waals surface area contributed by atoms with Gasteiger partial charge in [0.15, 0.2) is 9.84 Å². The lowest BCUT2D eigenvalue weighted by Crippen LogP contribution is -2.22. The van der Waals surface area contributed by atoms with Crippen molar-refractivity contribution in [1.82, 2.24) is 0 Å². The largest absolute Gasteiger partial charge is 0.469 e. The first kappa shape index (κ1) is 15.8. The average molecular weight is 408 g/mol. The number of carbonyl (C=O) groups excluding carboxylic acids is 1. The van der Waals surface area contributed by atoms with E-state index < -0.39 is 9.84 Å². The molecule has 2 rings (SSSR count). The summed E-state index contributed by atoms with van der Waals surface area (Å²) in [5.41, 5.74) is 0.411. The Bertz CT molecular complexity index is 588. The number of ether oxygens (including phenoxy) is 1. The van der Waals surface area contributed by atoms with E-state index in [0.29, 0.717) is 0 Å². The first-order valence-electron chi connectivity index (χ1n) is 6.36. The quantitative estimate of drug-likeness (QED) is 0.536. The van der Waals surface area contributed by atoms with Gasteiger partial charge in [0.05, 0.1) is 25.0 Å². The molecule has 0 bridgehead atoms. The number of halogens is 1. The second-order valence-electron chi connectivity index (χ2n) is 5.41. The van der Waals surface area contributed by atoms with Crippen LogP contribution in [-0.4, -0.2) is 27.2 Å². The molecule has 0 atom stereocenters. The van der Waals surface area contributed by atoms with Crippen LogP contribution < -0.4 is 0 Å². The van der Waals surface area contributed by atoms with E-state index in [1.54, 1.807) is 0 Å². The molecule has 0 N–H and O–H groups in total. The van der Waals surface area contributed by atoms with E-state index in [0.717, 1.165) is 22.0 Å². The van der Waals surface area contributed by atoms with Crippen molar-refractivity contribution in [2.75, 3.05) is 12.9 Å². The van der Waals surface area contributed by atoms with Gasteiger partial charge in [-0.15, -0.1) is 0 Å². The molecule has 1 fully saturated rings. The fourth-order valence-corrected chi connectivity index (χ4v) is 4.77. The Labute approximate surface area is 133 Å².